The Morgan fingerprint density at radius 3 is 2.26 bits per heavy atom. The number of hydrogen-bond acceptors (Lipinski definition) is 6. The number of carbonyl (C=O) groups excluding carboxylic acids is 2. The Morgan fingerprint density at radius 2 is 1.78 bits per heavy atom. The first-order chi connectivity index (χ1) is 10.7. The van der Waals surface area contributed by atoms with E-state index in [0.29, 0.717) is 32.1 Å². The Labute approximate surface area is 135 Å². The number of amides is 2. The van der Waals surface area contributed by atoms with Crippen LogP contribution in [0.3, 0.4) is 0 Å². The van der Waals surface area contributed by atoms with Crippen molar-refractivity contribution in [1.29, 1.82) is 0 Å². The fraction of sp³-hybridized carbons (Fsp3) is 0.786. The fourth-order valence-corrected chi connectivity index (χ4v) is 4.66. The predicted octanol–water partition coefficient (Wildman–Crippen LogP) is -1.74. The van der Waals surface area contributed by atoms with E-state index in [1.807, 2.05) is 0 Å². The molecule has 0 aromatic heterocycles. The molecule has 2 unspecified atom stereocenters. The van der Waals surface area contributed by atoms with Crippen molar-refractivity contribution >= 4 is 21.7 Å². The van der Waals surface area contributed by atoms with Crippen molar-refractivity contribution < 1.29 is 28.2 Å². The Kier molecular flexibility index (Phi) is 5.32. The van der Waals surface area contributed by atoms with Crippen LogP contribution in [0, 0.1) is 11.8 Å². The molecular weight excluding hydrogens is 324 g/mol. The van der Waals surface area contributed by atoms with Crippen LogP contribution in [-0.2, 0) is 19.4 Å². The maximum absolute atomic E-state index is 12.0. The van der Waals surface area contributed by atoms with Crippen LogP contribution >= 0.6 is 0 Å². The van der Waals surface area contributed by atoms with E-state index < -0.39 is 51.1 Å². The lowest BCUT2D eigenvalue weighted by Crippen LogP contribution is -2.53. The molecule has 3 atom stereocenters. The summed E-state index contributed by atoms with van der Waals surface area (Å²) >= 11 is 0. The standard InChI is InChI=1S/C14H23N2O6S/c15-13(20)14(5-6-14)8-23(21,22)7-4-11(19)16-12-9(17)2-1-3-10(12)18/h4,9-10,12,17-18H,1-3,5-8H2,(H2,15,20)(H,16,19)/t9-,10?,12?/m1/s1. The fourth-order valence-electron chi connectivity index (χ4n) is 2.86. The van der Waals surface area contributed by atoms with Gasteiger partial charge in [0.25, 0.3) is 0 Å². The van der Waals surface area contributed by atoms with Gasteiger partial charge in [0.2, 0.25) is 11.8 Å². The normalized spacial score (nSPS) is 29.7. The zero-order valence-corrected chi connectivity index (χ0v) is 13.6. The first-order valence-electron chi connectivity index (χ1n) is 7.65. The van der Waals surface area contributed by atoms with Gasteiger partial charge in [-0.3, -0.25) is 9.59 Å². The molecule has 0 aromatic rings. The first kappa shape index (κ1) is 18.2. The van der Waals surface area contributed by atoms with Crippen LogP contribution in [0.5, 0.6) is 0 Å². The molecular formula is C14H23N2O6S. The quantitative estimate of drug-likeness (QED) is 0.430. The molecule has 2 fully saturated rings. The van der Waals surface area contributed by atoms with Gasteiger partial charge < -0.3 is 21.3 Å². The summed E-state index contributed by atoms with van der Waals surface area (Å²) in [6, 6.07) is -0.796. The van der Waals surface area contributed by atoms with Crippen molar-refractivity contribution in [2.45, 2.75) is 50.4 Å². The molecule has 0 bridgehead atoms. The molecule has 0 spiro atoms. The van der Waals surface area contributed by atoms with E-state index in [0.717, 1.165) is 6.42 Å². The number of hydrogen-bond donors (Lipinski definition) is 4. The van der Waals surface area contributed by atoms with Crippen molar-refractivity contribution in [2.24, 2.45) is 11.1 Å². The highest BCUT2D eigenvalue weighted by atomic mass is 32.2. The van der Waals surface area contributed by atoms with Crippen LogP contribution in [0.2, 0.25) is 0 Å². The van der Waals surface area contributed by atoms with E-state index in [1.165, 1.54) is 0 Å². The van der Waals surface area contributed by atoms with Crippen LogP contribution in [0.4, 0.5) is 0 Å². The molecule has 8 nitrogen and oxygen atoms in total. The van der Waals surface area contributed by atoms with Crippen molar-refractivity contribution in [3.63, 3.8) is 0 Å². The monoisotopic (exact) mass is 347 g/mol. The number of rotatable bonds is 7. The average Bonchev–Trinajstić information content (AvgIpc) is 3.21. The van der Waals surface area contributed by atoms with E-state index in [1.54, 1.807) is 0 Å². The van der Waals surface area contributed by atoms with Gasteiger partial charge in [-0.1, -0.05) is 0 Å². The number of carbonyl (C=O) groups is 2. The van der Waals surface area contributed by atoms with Crippen LogP contribution < -0.4 is 11.1 Å². The highest BCUT2D eigenvalue weighted by molar-refractivity contribution is 7.91. The third-order valence-corrected chi connectivity index (χ3v) is 6.20. The lowest BCUT2D eigenvalue weighted by Gasteiger charge is -2.32. The van der Waals surface area contributed by atoms with Gasteiger partial charge in [-0.2, -0.15) is 0 Å². The molecule has 131 valence electrons. The number of nitrogens with two attached hydrogens (primary N) is 1. The second-order valence-electron chi connectivity index (χ2n) is 6.50. The highest BCUT2D eigenvalue weighted by Gasteiger charge is 2.51. The molecule has 0 aliphatic heterocycles. The maximum Gasteiger partial charge on any atom is 0.225 e. The molecule has 0 saturated heterocycles. The Morgan fingerprint density at radius 1 is 1.22 bits per heavy atom. The number of sulfone groups is 1. The van der Waals surface area contributed by atoms with Gasteiger partial charge in [-0.25, -0.2) is 8.42 Å². The predicted molar refractivity (Wildman–Crippen MR) is 81.6 cm³/mol. The minimum Gasteiger partial charge on any atom is -0.391 e. The minimum absolute atomic E-state index is 0.353. The first-order valence-corrected chi connectivity index (χ1v) is 9.47. The summed E-state index contributed by atoms with van der Waals surface area (Å²) in [5.41, 5.74) is 4.23. The number of aliphatic hydroxyl groups excluding tert-OH is 2. The molecule has 2 rings (SSSR count). The maximum atomic E-state index is 12.0. The molecule has 9 heteroatoms. The topological polar surface area (TPSA) is 147 Å². The minimum atomic E-state index is -3.63. The summed E-state index contributed by atoms with van der Waals surface area (Å²) in [6.45, 7) is 0. The van der Waals surface area contributed by atoms with E-state index >= 15 is 0 Å². The zero-order valence-electron chi connectivity index (χ0n) is 12.8. The summed E-state index contributed by atoms with van der Waals surface area (Å²) in [6.07, 6.45) is 1.78. The van der Waals surface area contributed by atoms with Gasteiger partial charge in [-0.05, 0) is 32.1 Å². The summed E-state index contributed by atoms with van der Waals surface area (Å²) in [5, 5.41) is 22.0. The van der Waals surface area contributed by atoms with E-state index in [-0.39, 0.29) is 5.75 Å². The van der Waals surface area contributed by atoms with Gasteiger partial charge in [0.1, 0.15) is 0 Å². The molecule has 2 saturated carbocycles. The zero-order chi connectivity index (χ0) is 17.3. The largest absolute Gasteiger partial charge is 0.391 e. The third-order valence-electron chi connectivity index (χ3n) is 4.53. The van der Waals surface area contributed by atoms with Crippen molar-refractivity contribution in [3.05, 3.63) is 6.42 Å². The lowest BCUT2D eigenvalue weighted by atomic mass is 9.90. The Hall–Kier alpha value is -1.19. The molecule has 2 aliphatic rings. The SMILES string of the molecule is NC(=O)C1(CS(=O)(=O)C[CH]C(=O)NC2C(O)CCC[C@H]2O)CC1. The molecule has 2 amide bonds. The summed E-state index contributed by atoms with van der Waals surface area (Å²) < 4.78 is 24.0. The smallest absolute Gasteiger partial charge is 0.225 e. The lowest BCUT2D eigenvalue weighted by molar-refractivity contribution is -0.122. The number of aliphatic hydroxyl groups is 2. The van der Waals surface area contributed by atoms with Crippen LogP contribution in [0.15, 0.2) is 0 Å². The van der Waals surface area contributed by atoms with E-state index in [9.17, 15) is 28.2 Å². The molecule has 2 aliphatic carbocycles. The third kappa shape index (κ3) is 4.65. The van der Waals surface area contributed by atoms with Gasteiger partial charge in [0.05, 0.1) is 41.6 Å². The van der Waals surface area contributed by atoms with Gasteiger partial charge in [-0.15, -0.1) is 0 Å². The van der Waals surface area contributed by atoms with E-state index in [4.69, 9.17) is 5.73 Å². The van der Waals surface area contributed by atoms with E-state index in [2.05, 4.69) is 5.32 Å². The Bertz CT molecular complexity index is 562. The summed E-state index contributed by atoms with van der Waals surface area (Å²) in [4.78, 5) is 23.1. The molecule has 1 radical (unpaired) electrons. The average molecular weight is 347 g/mol. The number of nitrogens with one attached hydrogen (secondary N) is 1. The van der Waals surface area contributed by atoms with Crippen molar-refractivity contribution in [1.82, 2.24) is 5.32 Å². The second kappa shape index (κ2) is 6.74. The van der Waals surface area contributed by atoms with Gasteiger partial charge in [0.15, 0.2) is 9.84 Å². The van der Waals surface area contributed by atoms with Crippen molar-refractivity contribution in [2.75, 3.05) is 11.5 Å². The van der Waals surface area contributed by atoms with Crippen LogP contribution in [0.25, 0.3) is 0 Å². The summed E-state index contributed by atoms with van der Waals surface area (Å²) in [5.74, 6) is -2.15. The van der Waals surface area contributed by atoms with Gasteiger partial charge in [0, 0.05) is 0 Å². The van der Waals surface area contributed by atoms with Crippen LogP contribution in [-0.4, -0.2) is 60.2 Å². The number of primary amides is 1. The van der Waals surface area contributed by atoms with Gasteiger partial charge >= 0.3 is 0 Å². The summed E-state index contributed by atoms with van der Waals surface area (Å²) in [7, 11) is -3.63. The molecule has 23 heavy (non-hydrogen) atoms. The van der Waals surface area contributed by atoms with Crippen LogP contribution in [0.1, 0.15) is 32.1 Å². The Balaban J connectivity index is 1.83. The highest BCUT2D eigenvalue weighted by Crippen LogP contribution is 2.46. The second-order valence-corrected chi connectivity index (χ2v) is 8.61. The molecule has 0 aromatic carbocycles. The van der Waals surface area contributed by atoms with Crippen molar-refractivity contribution in [3.8, 4) is 0 Å². The molecule has 5 N–H and O–H groups in total. The molecule has 0 heterocycles.